The van der Waals surface area contributed by atoms with E-state index in [4.69, 9.17) is 5.73 Å². The van der Waals surface area contributed by atoms with Crippen LogP contribution in [0.2, 0.25) is 0 Å². The van der Waals surface area contributed by atoms with Crippen LogP contribution in [0.15, 0.2) is 36.7 Å². The summed E-state index contributed by atoms with van der Waals surface area (Å²) in [7, 11) is 0. The predicted molar refractivity (Wildman–Crippen MR) is 61.0 cm³/mol. The smallest absolute Gasteiger partial charge is 0.366 e. The zero-order chi connectivity index (χ0) is 14.0. The molecule has 0 radical (unpaired) electrons. The number of alkyl halides is 3. The van der Waals surface area contributed by atoms with Crippen LogP contribution in [-0.4, -0.2) is 15.9 Å². The summed E-state index contributed by atoms with van der Waals surface area (Å²) in [4.78, 5) is 18.5. The first-order chi connectivity index (χ1) is 8.89. The number of nitrogens with two attached hydrogens (primary N) is 1. The van der Waals surface area contributed by atoms with Gasteiger partial charge in [0, 0.05) is 18.0 Å². The maximum atomic E-state index is 12.4. The number of halogens is 3. The molecule has 0 fully saturated rings. The minimum Gasteiger partial charge on any atom is -0.366 e. The van der Waals surface area contributed by atoms with Crippen LogP contribution in [0.4, 0.5) is 13.2 Å². The maximum Gasteiger partial charge on any atom is 0.433 e. The van der Waals surface area contributed by atoms with Crippen LogP contribution in [0.25, 0.3) is 11.3 Å². The van der Waals surface area contributed by atoms with Gasteiger partial charge in [-0.15, -0.1) is 0 Å². The molecule has 2 heterocycles. The fraction of sp³-hybridized carbons (Fsp3) is 0.0833. The Morgan fingerprint density at radius 1 is 1.16 bits per heavy atom. The first-order valence-corrected chi connectivity index (χ1v) is 5.18. The molecule has 0 saturated heterocycles. The van der Waals surface area contributed by atoms with E-state index in [9.17, 15) is 18.0 Å². The van der Waals surface area contributed by atoms with E-state index in [-0.39, 0.29) is 11.3 Å². The van der Waals surface area contributed by atoms with Gasteiger partial charge >= 0.3 is 6.18 Å². The summed E-state index contributed by atoms with van der Waals surface area (Å²) in [6, 6.07) is 4.99. The van der Waals surface area contributed by atoms with Gasteiger partial charge in [-0.25, -0.2) is 0 Å². The van der Waals surface area contributed by atoms with E-state index in [1.165, 1.54) is 24.4 Å². The van der Waals surface area contributed by atoms with Crippen molar-refractivity contribution in [1.29, 1.82) is 0 Å². The lowest BCUT2D eigenvalue weighted by atomic mass is 10.1. The topological polar surface area (TPSA) is 68.9 Å². The molecule has 0 aromatic carbocycles. The second-order valence-electron chi connectivity index (χ2n) is 3.69. The molecule has 2 aromatic heterocycles. The molecular formula is C12H8F3N3O. The molecule has 0 spiro atoms. The lowest BCUT2D eigenvalue weighted by molar-refractivity contribution is -0.141. The normalized spacial score (nSPS) is 11.3. The Morgan fingerprint density at radius 3 is 2.42 bits per heavy atom. The summed E-state index contributed by atoms with van der Waals surface area (Å²) in [5.41, 5.74) is 4.79. The van der Waals surface area contributed by atoms with Gasteiger partial charge in [-0.1, -0.05) is 0 Å². The van der Waals surface area contributed by atoms with Gasteiger partial charge in [0.2, 0.25) is 0 Å². The van der Waals surface area contributed by atoms with Gasteiger partial charge in [0.1, 0.15) is 5.69 Å². The van der Waals surface area contributed by atoms with Gasteiger partial charge in [0.15, 0.2) is 0 Å². The number of nitrogens with zero attached hydrogens (tertiary/aromatic N) is 2. The summed E-state index contributed by atoms with van der Waals surface area (Å²) in [5, 5.41) is 0. The van der Waals surface area contributed by atoms with Crippen molar-refractivity contribution in [3.05, 3.63) is 47.9 Å². The summed E-state index contributed by atoms with van der Waals surface area (Å²) in [6.45, 7) is 0. The van der Waals surface area contributed by atoms with Gasteiger partial charge in [0.05, 0.1) is 11.3 Å². The van der Waals surface area contributed by atoms with Crippen molar-refractivity contribution < 1.29 is 18.0 Å². The number of carbonyl (C=O) groups is 1. The summed E-state index contributed by atoms with van der Waals surface area (Å²) in [6.07, 6.45) is -2.08. The van der Waals surface area contributed by atoms with Crippen molar-refractivity contribution in [2.24, 2.45) is 5.73 Å². The summed E-state index contributed by atoms with van der Waals surface area (Å²) < 4.78 is 37.1. The highest BCUT2D eigenvalue weighted by molar-refractivity contribution is 5.98. The third-order valence-electron chi connectivity index (χ3n) is 2.40. The zero-order valence-corrected chi connectivity index (χ0v) is 9.48. The lowest BCUT2D eigenvalue weighted by Gasteiger charge is -2.08. The van der Waals surface area contributed by atoms with Crippen LogP contribution in [0.1, 0.15) is 16.1 Å². The van der Waals surface area contributed by atoms with Crippen LogP contribution >= 0.6 is 0 Å². The van der Waals surface area contributed by atoms with Gasteiger partial charge in [-0.2, -0.15) is 13.2 Å². The molecule has 2 aromatic rings. The van der Waals surface area contributed by atoms with Crippen molar-refractivity contribution in [3.8, 4) is 11.3 Å². The average molecular weight is 267 g/mol. The molecule has 0 aliphatic rings. The number of pyridine rings is 2. The third-order valence-corrected chi connectivity index (χ3v) is 2.40. The molecule has 0 bridgehead atoms. The second kappa shape index (κ2) is 4.68. The monoisotopic (exact) mass is 267 g/mol. The van der Waals surface area contributed by atoms with E-state index in [2.05, 4.69) is 9.97 Å². The van der Waals surface area contributed by atoms with Gasteiger partial charge in [-0.05, 0) is 24.3 Å². The molecule has 0 aliphatic heterocycles. The Balaban J connectivity index is 2.46. The van der Waals surface area contributed by atoms with Crippen LogP contribution in [0, 0.1) is 0 Å². The molecule has 4 nitrogen and oxygen atoms in total. The fourth-order valence-electron chi connectivity index (χ4n) is 1.54. The molecular weight excluding hydrogens is 259 g/mol. The molecule has 1 amide bonds. The van der Waals surface area contributed by atoms with Crippen molar-refractivity contribution in [1.82, 2.24) is 9.97 Å². The minimum atomic E-state index is -4.50. The second-order valence-corrected chi connectivity index (χ2v) is 3.69. The number of amides is 1. The zero-order valence-electron chi connectivity index (χ0n) is 9.48. The third kappa shape index (κ3) is 2.70. The van der Waals surface area contributed by atoms with E-state index in [0.29, 0.717) is 5.56 Å². The van der Waals surface area contributed by atoms with E-state index in [1.807, 2.05) is 0 Å². The Kier molecular flexibility index (Phi) is 3.20. The fourth-order valence-corrected chi connectivity index (χ4v) is 1.54. The highest BCUT2D eigenvalue weighted by Gasteiger charge is 2.32. The van der Waals surface area contributed by atoms with Gasteiger partial charge in [-0.3, -0.25) is 14.8 Å². The number of hydrogen-bond acceptors (Lipinski definition) is 3. The van der Waals surface area contributed by atoms with E-state index >= 15 is 0 Å². The maximum absolute atomic E-state index is 12.4. The number of hydrogen-bond donors (Lipinski definition) is 1. The molecule has 0 saturated carbocycles. The van der Waals surface area contributed by atoms with E-state index in [0.717, 1.165) is 12.3 Å². The van der Waals surface area contributed by atoms with E-state index in [1.54, 1.807) is 0 Å². The molecule has 19 heavy (non-hydrogen) atoms. The Morgan fingerprint density at radius 2 is 1.89 bits per heavy atom. The molecule has 2 N–H and O–H groups in total. The van der Waals surface area contributed by atoms with Gasteiger partial charge in [0.25, 0.3) is 5.91 Å². The molecule has 0 unspecified atom stereocenters. The summed E-state index contributed by atoms with van der Waals surface area (Å²) >= 11 is 0. The molecule has 0 aliphatic carbocycles. The molecule has 0 atom stereocenters. The number of carbonyl (C=O) groups excluding carboxylic acids is 1. The van der Waals surface area contributed by atoms with Crippen LogP contribution in [0.5, 0.6) is 0 Å². The van der Waals surface area contributed by atoms with Crippen molar-refractivity contribution in [2.45, 2.75) is 6.18 Å². The Hall–Kier alpha value is -2.44. The molecule has 7 heteroatoms. The minimum absolute atomic E-state index is 0.129. The lowest BCUT2D eigenvalue weighted by Crippen LogP contribution is -2.13. The van der Waals surface area contributed by atoms with E-state index < -0.39 is 17.8 Å². The molecule has 2 rings (SSSR count). The number of aromatic nitrogens is 2. The predicted octanol–water partition coefficient (Wildman–Crippen LogP) is 2.26. The standard InChI is InChI=1S/C12H8F3N3O/c13-12(14,15)9-4-3-7(6-18-9)10-8(11(16)19)2-1-5-17-10/h1-6H,(H2,16,19). The highest BCUT2D eigenvalue weighted by Crippen LogP contribution is 2.29. The quantitative estimate of drug-likeness (QED) is 0.907. The number of primary amides is 1. The SMILES string of the molecule is NC(=O)c1cccnc1-c1ccc(C(F)(F)F)nc1. The first-order valence-electron chi connectivity index (χ1n) is 5.18. The number of rotatable bonds is 2. The Labute approximate surface area is 106 Å². The first kappa shape index (κ1) is 13.0. The molecule has 98 valence electrons. The Bertz CT molecular complexity index is 608. The van der Waals surface area contributed by atoms with Crippen LogP contribution in [-0.2, 0) is 6.18 Å². The average Bonchev–Trinajstić information content (AvgIpc) is 2.38. The highest BCUT2D eigenvalue weighted by atomic mass is 19.4. The van der Waals surface area contributed by atoms with Crippen molar-refractivity contribution in [2.75, 3.05) is 0 Å². The van der Waals surface area contributed by atoms with Gasteiger partial charge < -0.3 is 5.73 Å². The van der Waals surface area contributed by atoms with Crippen LogP contribution in [0.3, 0.4) is 0 Å². The largest absolute Gasteiger partial charge is 0.433 e. The van der Waals surface area contributed by atoms with Crippen molar-refractivity contribution in [3.63, 3.8) is 0 Å². The summed E-state index contributed by atoms with van der Waals surface area (Å²) in [5.74, 6) is -0.706. The van der Waals surface area contributed by atoms with Crippen LogP contribution < -0.4 is 5.73 Å². The van der Waals surface area contributed by atoms with Crippen molar-refractivity contribution >= 4 is 5.91 Å².